The quantitative estimate of drug-likeness (QED) is 0.141. The monoisotopic (exact) mass is 679 g/mol. The number of ether oxygens (including phenoxy) is 3. The number of fused-ring (bicyclic) bond motifs is 3. The summed E-state index contributed by atoms with van der Waals surface area (Å²) in [5.74, 6) is 0.767. The number of anilines is 2. The van der Waals surface area contributed by atoms with E-state index in [-0.39, 0.29) is 12.6 Å². The Bertz CT molecular complexity index is 1730. The molecule has 0 saturated carbocycles. The maximum atomic E-state index is 13.5. The second-order valence-electron chi connectivity index (χ2n) is 12.1. The molecular weight excluding hydrogens is 639 g/mol. The lowest BCUT2D eigenvalue weighted by atomic mass is 10.1. The first-order valence-electron chi connectivity index (χ1n) is 16.3. The summed E-state index contributed by atoms with van der Waals surface area (Å²) in [5, 5.41) is 1.88. The summed E-state index contributed by atoms with van der Waals surface area (Å²) < 4.78 is 57.7. The minimum atomic E-state index is -4.39. The lowest BCUT2D eigenvalue weighted by Crippen LogP contribution is -2.47. The van der Waals surface area contributed by atoms with Gasteiger partial charge in [0, 0.05) is 59.8 Å². The molecule has 48 heavy (non-hydrogen) atoms. The van der Waals surface area contributed by atoms with E-state index in [0.29, 0.717) is 31.1 Å². The Kier molecular flexibility index (Phi) is 10.7. The fourth-order valence-electron chi connectivity index (χ4n) is 6.18. The molecule has 2 heterocycles. The molecule has 0 bridgehead atoms. The Hall–Kier alpha value is -3.93. The average Bonchev–Trinajstić information content (AvgIpc) is 3.10. The predicted molar refractivity (Wildman–Crippen MR) is 183 cm³/mol. The van der Waals surface area contributed by atoms with Crippen molar-refractivity contribution in [1.29, 1.82) is 0 Å². The molecule has 0 aliphatic carbocycles. The third-order valence-corrected chi connectivity index (χ3v) is 10.0. The van der Waals surface area contributed by atoms with E-state index in [4.69, 9.17) is 14.2 Å². The van der Waals surface area contributed by atoms with E-state index in [1.165, 1.54) is 23.9 Å². The lowest BCUT2D eigenvalue weighted by molar-refractivity contribution is -0.149. The molecule has 2 aliphatic rings. The van der Waals surface area contributed by atoms with Crippen molar-refractivity contribution in [2.24, 2.45) is 5.92 Å². The van der Waals surface area contributed by atoms with Crippen molar-refractivity contribution in [3.05, 3.63) is 84.4 Å². The van der Waals surface area contributed by atoms with Crippen LogP contribution in [0.5, 0.6) is 11.5 Å². The van der Waals surface area contributed by atoms with E-state index in [0.717, 1.165) is 71.1 Å². The second-order valence-corrected chi connectivity index (χ2v) is 13.2. The van der Waals surface area contributed by atoms with Gasteiger partial charge < -0.3 is 24.0 Å². The highest BCUT2D eigenvalue weighted by Gasteiger charge is 2.33. The number of esters is 1. The minimum absolute atomic E-state index is 0.213. The van der Waals surface area contributed by atoms with Gasteiger partial charge >= 0.3 is 12.1 Å². The Balaban J connectivity index is 0.927. The number of piperazine rings is 1. The van der Waals surface area contributed by atoms with E-state index >= 15 is 0 Å². The number of halogens is 3. The molecular formula is C37H40F3N3O4S. The van der Waals surface area contributed by atoms with Crippen LogP contribution in [0.2, 0.25) is 0 Å². The molecule has 0 amide bonds. The summed E-state index contributed by atoms with van der Waals surface area (Å²) in [4.78, 5) is 21.3. The first-order valence-corrected chi connectivity index (χ1v) is 17.1. The topological polar surface area (TPSA) is 54.5 Å². The highest BCUT2D eigenvalue weighted by molar-refractivity contribution is 7.99. The number of rotatable bonds is 12. The maximum Gasteiger partial charge on any atom is 0.416 e. The van der Waals surface area contributed by atoms with Crippen LogP contribution in [0.15, 0.2) is 88.7 Å². The fourth-order valence-corrected chi connectivity index (χ4v) is 7.26. The molecule has 6 rings (SSSR count). The van der Waals surface area contributed by atoms with Gasteiger partial charge in [0.15, 0.2) is 0 Å². The van der Waals surface area contributed by atoms with E-state index in [2.05, 4.69) is 9.80 Å². The van der Waals surface area contributed by atoms with Gasteiger partial charge in [-0.2, -0.15) is 13.2 Å². The number of benzene rings is 4. The summed E-state index contributed by atoms with van der Waals surface area (Å²) in [6.45, 7) is 7.97. The lowest BCUT2D eigenvalue weighted by Gasteiger charge is -2.36. The Morgan fingerprint density at radius 1 is 0.812 bits per heavy atom. The van der Waals surface area contributed by atoms with Crippen LogP contribution < -0.4 is 14.4 Å². The minimum Gasteiger partial charge on any atom is -0.496 e. The molecule has 11 heteroatoms. The van der Waals surface area contributed by atoms with Gasteiger partial charge in [-0.25, -0.2) is 0 Å². The van der Waals surface area contributed by atoms with Crippen molar-refractivity contribution in [2.75, 3.05) is 71.0 Å². The molecule has 0 radical (unpaired) electrons. The Morgan fingerprint density at radius 3 is 2.19 bits per heavy atom. The molecule has 1 atom stereocenters. The third-order valence-electron chi connectivity index (χ3n) is 8.88. The number of para-hydroxylation sites is 1. The molecule has 254 valence electrons. The van der Waals surface area contributed by atoms with Crippen LogP contribution in [0.25, 0.3) is 10.8 Å². The van der Waals surface area contributed by atoms with Crippen molar-refractivity contribution in [1.82, 2.24) is 9.80 Å². The highest BCUT2D eigenvalue weighted by atomic mass is 32.2. The fraction of sp³-hybridized carbons (Fsp3) is 0.378. The summed E-state index contributed by atoms with van der Waals surface area (Å²) in [6.07, 6.45) is -3.57. The number of hydrogen-bond donors (Lipinski definition) is 0. The summed E-state index contributed by atoms with van der Waals surface area (Å²) in [6, 6.07) is 23.5. The molecule has 1 unspecified atom stereocenters. The van der Waals surface area contributed by atoms with E-state index in [1.54, 1.807) is 13.2 Å². The Morgan fingerprint density at radius 2 is 1.46 bits per heavy atom. The number of methoxy groups -OCH3 is 1. The molecule has 7 nitrogen and oxygen atoms in total. The zero-order chi connectivity index (χ0) is 33.7. The predicted octanol–water partition coefficient (Wildman–Crippen LogP) is 7.74. The number of alkyl halides is 3. The molecule has 0 N–H and O–H groups in total. The van der Waals surface area contributed by atoms with Gasteiger partial charge in [-0.3, -0.25) is 9.69 Å². The van der Waals surface area contributed by atoms with E-state index in [9.17, 15) is 18.0 Å². The first-order chi connectivity index (χ1) is 23.2. The molecule has 2 aliphatic heterocycles. The zero-order valence-corrected chi connectivity index (χ0v) is 28.0. The number of nitrogens with zero attached hydrogens (tertiary/aromatic N) is 3. The first kappa shape index (κ1) is 34.0. The third kappa shape index (κ3) is 7.85. The van der Waals surface area contributed by atoms with Crippen LogP contribution in [-0.4, -0.2) is 81.9 Å². The average molecular weight is 680 g/mol. The van der Waals surface area contributed by atoms with Gasteiger partial charge in [0.05, 0.1) is 30.0 Å². The van der Waals surface area contributed by atoms with Crippen molar-refractivity contribution >= 4 is 39.9 Å². The van der Waals surface area contributed by atoms with Crippen molar-refractivity contribution in [3.63, 3.8) is 0 Å². The second kappa shape index (κ2) is 15.1. The SMILES string of the molecule is COc1ccc(OCC(C)C(=O)OCCN2CCN(CCCN3c4ccccc4Sc4ccc(C(F)(F)F)cc43)CC2)c2ccccc12. The highest BCUT2D eigenvalue weighted by Crippen LogP contribution is 2.49. The summed E-state index contributed by atoms with van der Waals surface area (Å²) in [7, 11) is 1.64. The summed E-state index contributed by atoms with van der Waals surface area (Å²) >= 11 is 1.51. The van der Waals surface area contributed by atoms with Crippen LogP contribution >= 0.6 is 11.8 Å². The van der Waals surface area contributed by atoms with Gasteiger partial charge in [-0.15, -0.1) is 0 Å². The molecule has 4 aromatic rings. The largest absolute Gasteiger partial charge is 0.496 e. The zero-order valence-electron chi connectivity index (χ0n) is 27.2. The van der Waals surface area contributed by atoms with Gasteiger partial charge in [0.25, 0.3) is 0 Å². The number of hydrogen-bond acceptors (Lipinski definition) is 8. The van der Waals surface area contributed by atoms with Gasteiger partial charge in [-0.05, 0) is 62.4 Å². The van der Waals surface area contributed by atoms with E-state index < -0.39 is 17.7 Å². The van der Waals surface area contributed by atoms with E-state index in [1.807, 2.05) is 72.5 Å². The smallest absolute Gasteiger partial charge is 0.416 e. The normalized spacial score (nSPS) is 15.9. The molecule has 0 spiro atoms. The molecule has 1 fully saturated rings. The van der Waals surface area contributed by atoms with Crippen LogP contribution in [0.4, 0.5) is 24.5 Å². The van der Waals surface area contributed by atoms with Crippen LogP contribution in [0.1, 0.15) is 18.9 Å². The van der Waals surface area contributed by atoms with Crippen LogP contribution in [-0.2, 0) is 15.7 Å². The van der Waals surface area contributed by atoms with Crippen molar-refractivity contribution in [3.8, 4) is 11.5 Å². The van der Waals surface area contributed by atoms with Crippen molar-refractivity contribution < 1.29 is 32.2 Å². The molecule has 4 aromatic carbocycles. The number of carbonyl (C=O) groups excluding carboxylic acids is 1. The van der Waals surface area contributed by atoms with Gasteiger partial charge in [-0.1, -0.05) is 48.2 Å². The van der Waals surface area contributed by atoms with Crippen LogP contribution in [0.3, 0.4) is 0 Å². The standard InChI is InChI=1S/C37H40F3N3O4S/c1-26(25-47-33-14-13-32(45-2)28-8-3-4-9-29(28)33)36(44)46-23-22-42-20-18-41(19-21-42)16-7-17-43-30-10-5-6-11-34(30)48-35-15-12-27(24-31(35)43)37(38,39)40/h3-6,8-15,24,26H,7,16-23,25H2,1-2H3. The summed E-state index contributed by atoms with van der Waals surface area (Å²) in [5.41, 5.74) is 0.935. The molecule has 1 saturated heterocycles. The van der Waals surface area contributed by atoms with Crippen molar-refractivity contribution in [2.45, 2.75) is 29.3 Å². The Labute approximate surface area is 283 Å². The van der Waals surface area contributed by atoms with Crippen LogP contribution in [0, 0.1) is 5.92 Å². The maximum absolute atomic E-state index is 13.5. The molecule has 0 aromatic heterocycles. The number of carbonyl (C=O) groups is 1. The van der Waals surface area contributed by atoms with Gasteiger partial charge in [0.2, 0.25) is 0 Å². The van der Waals surface area contributed by atoms with Gasteiger partial charge in [0.1, 0.15) is 24.7 Å².